The second-order valence-corrected chi connectivity index (χ2v) is 4.75. The van der Waals surface area contributed by atoms with Crippen LogP contribution in [0.3, 0.4) is 0 Å². The first kappa shape index (κ1) is 9.03. The summed E-state index contributed by atoms with van der Waals surface area (Å²) in [4.78, 5) is 0. The van der Waals surface area contributed by atoms with Crippen LogP contribution in [0.4, 0.5) is 0 Å². The van der Waals surface area contributed by atoms with Crippen molar-refractivity contribution in [3.63, 3.8) is 0 Å². The lowest BCUT2D eigenvalue weighted by Gasteiger charge is -2.20. The maximum Gasteiger partial charge on any atom is 0.121 e. The molecule has 13 heavy (non-hydrogen) atoms. The Morgan fingerprint density at radius 3 is 2.77 bits per heavy atom. The van der Waals surface area contributed by atoms with Gasteiger partial charge in [0.2, 0.25) is 0 Å². The minimum Gasteiger partial charge on any atom is -0.508 e. The standard InChI is InChI=1S/C10H12BrNO/c1-10(2)9-6(5-12-10)7(11)3-4-8(9)13/h3-4,12-13H,5H2,1-2H3. The van der Waals surface area contributed by atoms with Crippen LogP contribution in [0, 0.1) is 0 Å². The quantitative estimate of drug-likeness (QED) is 0.732. The molecule has 2 N–H and O–H groups in total. The van der Waals surface area contributed by atoms with E-state index in [9.17, 15) is 5.11 Å². The fraction of sp³-hybridized carbons (Fsp3) is 0.400. The van der Waals surface area contributed by atoms with Gasteiger partial charge in [0.1, 0.15) is 5.75 Å². The molecule has 0 bridgehead atoms. The third kappa shape index (κ3) is 1.27. The van der Waals surface area contributed by atoms with Crippen molar-refractivity contribution in [2.45, 2.75) is 25.9 Å². The number of halogens is 1. The average Bonchev–Trinajstić information content (AvgIpc) is 2.36. The predicted molar refractivity (Wildman–Crippen MR) is 55.7 cm³/mol. The molecule has 1 aliphatic rings. The molecule has 1 aromatic carbocycles. The number of aromatic hydroxyl groups is 1. The van der Waals surface area contributed by atoms with E-state index in [0.717, 1.165) is 16.6 Å². The Kier molecular flexibility index (Phi) is 1.89. The van der Waals surface area contributed by atoms with Crippen molar-refractivity contribution in [3.8, 4) is 5.75 Å². The maximum atomic E-state index is 9.73. The summed E-state index contributed by atoms with van der Waals surface area (Å²) in [5, 5.41) is 13.1. The first-order chi connectivity index (χ1) is 6.02. The molecule has 0 amide bonds. The van der Waals surface area contributed by atoms with Gasteiger partial charge in [-0.15, -0.1) is 0 Å². The molecule has 0 aromatic heterocycles. The van der Waals surface area contributed by atoms with Crippen LogP contribution in [-0.2, 0) is 12.1 Å². The summed E-state index contributed by atoms with van der Waals surface area (Å²) in [5.41, 5.74) is 2.07. The first-order valence-corrected chi connectivity index (χ1v) is 5.07. The molecular formula is C10H12BrNO. The Morgan fingerprint density at radius 1 is 1.46 bits per heavy atom. The topological polar surface area (TPSA) is 32.3 Å². The van der Waals surface area contributed by atoms with Crippen LogP contribution in [-0.4, -0.2) is 5.11 Å². The van der Waals surface area contributed by atoms with E-state index in [1.807, 2.05) is 6.07 Å². The summed E-state index contributed by atoms with van der Waals surface area (Å²) >= 11 is 3.48. The molecule has 1 heterocycles. The Hall–Kier alpha value is -0.540. The predicted octanol–water partition coefficient (Wildman–Crippen LogP) is 2.49. The lowest BCUT2D eigenvalue weighted by atomic mass is 9.94. The molecule has 0 unspecified atom stereocenters. The fourth-order valence-electron chi connectivity index (χ4n) is 1.88. The summed E-state index contributed by atoms with van der Waals surface area (Å²) in [6.07, 6.45) is 0. The Bertz CT molecular complexity index is 360. The van der Waals surface area contributed by atoms with Gasteiger partial charge < -0.3 is 10.4 Å². The van der Waals surface area contributed by atoms with E-state index in [2.05, 4.69) is 35.1 Å². The van der Waals surface area contributed by atoms with E-state index in [0.29, 0.717) is 5.75 Å². The van der Waals surface area contributed by atoms with Gasteiger partial charge in [0.25, 0.3) is 0 Å². The molecule has 1 aliphatic heterocycles. The number of hydrogen-bond donors (Lipinski definition) is 2. The molecule has 0 radical (unpaired) electrons. The van der Waals surface area contributed by atoms with Gasteiger partial charge in [0.05, 0.1) is 0 Å². The number of rotatable bonds is 0. The lowest BCUT2D eigenvalue weighted by molar-refractivity contribution is 0.407. The minimum absolute atomic E-state index is 0.122. The highest BCUT2D eigenvalue weighted by Crippen LogP contribution is 2.40. The van der Waals surface area contributed by atoms with Gasteiger partial charge in [-0.3, -0.25) is 0 Å². The van der Waals surface area contributed by atoms with Crippen LogP contribution in [0.5, 0.6) is 5.75 Å². The van der Waals surface area contributed by atoms with Gasteiger partial charge in [-0.05, 0) is 31.5 Å². The van der Waals surface area contributed by atoms with Crippen LogP contribution in [0.1, 0.15) is 25.0 Å². The molecule has 3 heteroatoms. The zero-order valence-electron chi connectivity index (χ0n) is 7.69. The molecule has 0 saturated heterocycles. The molecule has 0 saturated carbocycles. The molecule has 0 spiro atoms. The van der Waals surface area contributed by atoms with Gasteiger partial charge in [0.15, 0.2) is 0 Å². The smallest absolute Gasteiger partial charge is 0.121 e. The molecule has 0 fully saturated rings. The van der Waals surface area contributed by atoms with Crippen LogP contribution >= 0.6 is 15.9 Å². The monoisotopic (exact) mass is 241 g/mol. The summed E-state index contributed by atoms with van der Waals surface area (Å²) in [7, 11) is 0. The van der Waals surface area contributed by atoms with Gasteiger partial charge in [-0.2, -0.15) is 0 Å². The third-order valence-corrected chi connectivity index (χ3v) is 3.31. The molecule has 2 rings (SSSR count). The highest BCUT2D eigenvalue weighted by molar-refractivity contribution is 9.10. The number of hydrogen-bond acceptors (Lipinski definition) is 2. The van der Waals surface area contributed by atoms with Crippen LogP contribution < -0.4 is 5.32 Å². The number of benzene rings is 1. The third-order valence-electron chi connectivity index (χ3n) is 2.57. The Balaban J connectivity index is 2.70. The summed E-state index contributed by atoms with van der Waals surface area (Å²) < 4.78 is 1.07. The van der Waals surface area contributed by atoms with E-state index < -0.39 is 0 Å². The van der Waals surface area contributed by atoms with Crippen molar-refractivity contribution in [1.29, 1.82) is 0 Å². The molecule has 2 nitrogen and oxygen atoms in total. The number of fused-ring (bicyclic) bond motifs is 1. The highest BCUT2D eigenvalue weighted by Gasteiger charge is 2.33. The number of phenols is 1. The van der Waals surface area contributed by atoms with E-state index in [1.165, 1.54) is 5.56 Å². The van der Waals surface area contributed by atoms with Gasteiger partial charge in [-0.1, -0.05) is 15.9 Å². The highest BCUT2D eigenvalue weighted by atomic mass is 79.9. The Labute approximate surface area is 86.1 Å². The number of nitrogens with one attached hydrogen (secondary N) is 1. The largest absolute Gasteiger partial charge is 0.508 e. The van der Waals surface area contributed by atoms with Crippen molar-refractivity contribution in [1.82, 2.24) is 5.32 Å². The lowest BCUT2D eigenvalue weighted by Crippen LogP contribution is -2.28. The first-order valence-electron chi connectivity index (χ1n) is 4.28. The second-order valence-electron chi connectivity index (χ2n) is 3.90. The van der Waals surface area contributed by atoms with E-state index >= 15 is 0 Å². The van der Waals surface area contributed by atoms with Crippen molar-refractivity contribution >= 4 is 15.9 Å². The Morgan fingerprint density at radius 2 is 2.15 bits per heavy atom. The van der Waals surface area contributed by atoms with Crippen molar-refractivity contribution < 1.29 is 5.11 Å². The zero-order valence-corrected chi connectivity index (χ0v) is 9.27. The second kappa shape index (κ2) is 2.72. The van der Waals surface area contributed by atoms with E-state index in [-0.39, 0.29) is 5.54 Å². The number of phenolic OH excluding ortho intramolecular Hbond substituents is 1. The van der Waals surface area contributed by atoms with E-state index in [1.54, 1.807) is 6.07 Å². The van der Waals surface area contributed by atoms with Crippen molar-refractivity contribution in [3.05, 3.63) is 27.7 Å². The maximum absolute atomic E-state index is 9.73. The molecule has 0 atom stereocenters. The molecular weight excluding hydrogens is 230 g/mol. The van der Waals surface area contributed by atoms with Gasteiger partial charge in [0, 0.05) is 22.1 Å². The van der Waals surface area contributed by atoms with Crippen molar-refractivity contribution in [2.75, 3.05) is 0 Å². The van der Waals surface area contributed by atoms with Crippen molar-refractivity contribution in [2.24, 2.45) is 0 Å². The minimum atomic E-state index is -0.122. The summed E-state index contributed by atoms with van der Waals surface area (Å²) in [6.45, 7) is 4.97. The summed E-state index contributed by atoms with van der Waals surface area (Å²) in [5.74, 6) is 0.383. The van der Waals surface area contributed by atoms with Gasteiger partial charge in [-0.25, -0.2) is 0 Å². The zero-order chi connectivity index (χ0) is 9.64. The summed E-state index contributed by atoms with van der Waals surface area (Å²) in [6, 6.07) is 3.62. The van der Waals surface area contributed by atoms with Crippen LogP contribution in [0.25, 0.3) is 0 Å². The molecule has 0 aliphatic carbocycles. The molecule has 1 aromatic rings. The van der Waals surface area contributed by atoms with Gasteiger partial charge >= 0.3 is 0 Å². The van der Waals surface area contributed by atoms with Crippen LogP contribution in [0.15, 0.2) is 16.6 Å². The van der Waals surface area contributed by atoms with Crippen LogP contribution in [0.2, 0.25) is 0 Å². The van der Waals surface area contributed by atoms with E-state index in [4.69, 9.17) is 0 Å². The SMILES string of the molecule is CC1(C)NCc2c(Br)ccc(O)c21. The fourth-order valence-corrected chi connectivity index (χ4v) is 2.35. The average molecular weight is 242 g/mol. The molecule has 70 valence electrons. The normalized spacial score (nSPS) is 18.7.